The number of carbonyl (C=O) groups is 1. The third-order valence-corrected chi connectivity index (χ3v) is 4.55. The monoisotopic (exact) mass is 362 g/mol. The summed E-state index contributed by atoms with van der Waals surface area (Å²) in [5, 5.41) is 8.97. The molecule has 146 valence electrons. The van der Waals surface area contributed by atoms with Crippen LogP contribution in [-0.4, -0.2) is 24.8 Å². The van der Waals surface area contributed by atoms with Crippen LogP contribution in [0.1, 0.15) is 71.1 Å². The van der Waals surface area contributed by atoms with Crippen molar-refractivity contribution in [2.75, 3.05) is 13.7 Å². The molecule has 26 heavy (non-hydrogen) atoms. The van der Waals surface area contributed by atoms with Crippen LogP contribution in [0.15, 0.2) is 41.7 Å². The second-order valence-electron chi connectivity index (χ2n) is 6.65. The number of hydrogen-bond donors (Lipinski definition) is 1. The zero-order chi connectivity index (χ0) is 19.0. The number of methoxy groups -OCH3 is 1. The summed E-state index contributed by atoms with van der Waals surface area (Å²) in [7, 11) is 1.55. The van der Waals surface area contributed by atoms with Gasteiger partial charge in [-0.05, 0) is 31.9 Å². The molecule has 0 saturated carbocycles. The van der Waals surface area contributed by atoms with Crippen LogP contribution in [0.4, 0.5) is 0 Å². The van der Waals surface area contributed by atoms with Crippen molar-refractivity contribution in [1.82, 2.24) is 0 Å². The Kier molecular flexibility index (Phi) is 12.1. The highest BCUT2D eigenvalue weighted by molar-refractivity contribution is 5.86. The number of hydrogen-bond acceptors (Lipinski definition) is 3. The van der Waals surface area contributed by atoms with Crippen molar-refractivity contribution in [3.05, 3.63) is 41.7 Å². The third-order valence-electron chi connectivity index (χ3n) is 4.55. The second kappa shape index (κ2) is 14.2. The lowest BCUT2D eigenvalue weighted by atomic mass is 10.1. The van der Waals surface area contributed by atoms with Gasteiger partial charge in [0.05, 0.1) is 19.3 Å². The Balaban J connectivity index is 1.90. The number of carboxylic acids is 1. The quantitative estimate of drug-likeness (QED) is 0.237. The summed E-state index contributed by atoms with van der Waals surface area (Å²) >= 11 is 0. The van der Waals surface area contributed by atoms with E-state index in [0.29, 0.717) is 11.3 Å². The maximum absolute atomic E-state index is 10.9. The zero-order valence-corrected chi connectivity index (χ0v) is 16.3. The molecule has 4 heteroatoms. The Morgan fingerprint density at radius 1 is 0.885 bits per heavy atom. The van der Waals surface area contributed by atoms with Crippen LogP contribution in [0.25, 0.3) is 0 Å². The largest absolute Gasteiger partial charge is 0.501 e. The van der Waals surface area contributed by atoms with Gasteiger partial charge in [-0.2, -0.15) is 0 Å². The van der Waals surface area contributed by atoms with Gasteiger partial charge in [0.25, 0.3) is 0 Å². The fraction of sp³-hybridized carbons (Fsp3) is 0.591. The van der Waals surface area contributed by atoms with Crippen molar-refractivity contribution < 1.29 is 19.4 Å². The van der Waals surface area contributed by atoms with Crippen molar-refractivity contribution in [3.63, 3.8) is 0 Å². The fourth-order valence-electron chi connectivity index (χ4n) is 2.89. The van der Waals surface area contributed by atoms with Crippen LogP contribution < -0.4 is 4.74 Å². The van der Waals surface area contributed by atoms with E-state index in [4.69, 9.17) is 14.6 Å². The van der Waals surface area contributed by atoms with Gasteiger partial charge in [-0.1, -0.05) is 63.1 Å². The Labute approximate surface area is 158 Å². The van der Waals surface area contributed by atoms with E-state index in [0.717, 1.165) is 38.0 Å². The number of carboxylic acid groups (broad SMARTS) is 1. The minimum Gasteiger partial charge on any atom is -0.501 e. The minimum atomic E-state index is -0.893. The molecule has 0 amide bonds. The topological polar surface area (TPSA) is 55.8 Å². The summed E-state index contributed by atoms with van der Waals surface area (Å²) in [5.41, 5.74) is 0.323. The SMILES string of the molecule is COC(CCCCCCCCCCCOc1ccccc1)=C(C)C(=O)O. The van der Waals surface area contributed by atoms with Crippen LogP contribution in [-0.2, 0) is 9.53 Å². The van der Waals surface area contributed by atoms with E-state index in [1.807, 2.05) is 30.3 Å². The maximum atomic E-state index is 10.9. The van der Waals surface area contributed by atoms with E-state index in [-0.39, 0.29) is 0 Å². The first-order chi connectivity index (χ1) is 12.6. The third kappa shape index (κ3) is 10.1. The van der Waals surface area contributed by atoms with Gasteiger partial charge in [0.1, 0.15) is 11.5 Å². The smallest absolute Gasteiger partial charge is 0.334 e. The molecule has 4 nitrogen and oxygen atoms in total. The number of para-hydroxylation sites is 1. The highest BCUT2D eigenvalue weighted by Crippen LogP contribution is 2.16. The average Bonchev–Trinajstić information content (AvgIpc) is 2.66. The van der Waals surface area contributed by atoms with Crippen molar-refractivity contribution >= 4 is 5.97 Å². The molecule has 0 aromatic heterocycles. The van der Waals surface area contributed by atoms with Gasteiger partial charge in [-0.25, -0.2) is 4.79 Å². The highest BCUT2D eigenvalue weighted by Gasteiger charge is 2.09. The van der Waals surface area contributed by atoms with Gasteiger partial charge in [0, 0.05) is 6.42 Å². The standard InChI is InChI=1S/C22H34O4/c1-19(22(23)24)21(25-2)17-13-8-6-4-3-5-7-9-14-18-26-20-15-11-10-12-16-20/h10-12,15-16H,3-9,13-14,17-18H2,1-2H3,(H,23,24). The molecule has 0 bridgehead atoms. The van der Waals surface area contributed by atoms with Crippen LogP contribution in [0, 0.1) is 0 Å². The summed E-state index contributed by atoms with van der Waals surface area (Å²) in [6.07, 6.45) is 11.5. The molecule has 1 rings (SSSR count). The molecule has 0 fully saturated rings. The lowest BCUT2D eigenvalue weighted by Gasteiger charge is -2.08. The Hall–Kier alpha value is -1.97. The Morgan fingerprint density at radius 3 is 1.96 bits per heavy atom. The Morgan fingerprint density at radius 2 is 1.42 bits per heavy atom. The molecule has 0 heterocycles. The predicted octanol–water partition coefficient (Wildman–Crippen LogP) is 5.97. The molecular weight excluding hydrogens is 328 g/mol. The molecule has 1 aromatic carbocycles. The number of rotatable bonds is 15. The van der Waals surface area contributed by atoms with E-state index < -0.39 is 5.97 Å². The molecule has 0 aliphatic heterocycles. The van der Waals surface area contributed by atoms with E-state index in [9.17, 15) is 4.79 Å². The lowest BCUT2D eigenvalue weighted by Crippen LogP contribution is -2.03. The fourth-order valence-corrected chi connectivity index (χ4v) is 2.89. The van der Waals surface area contributed by atoms with Gasteiger partial charge in [0.15, 0.2) is 0 Å². The molecule has 0 saturated heterocycles. The number of unbranched alkanes of at least 4 members (excludes halogenated alkanes) is 8. The molecule has 0 aliphatic rings. The number of allylic oxidation sites excluding steroid dienone is 1. The van der Waals surface area contributed by atoms with Gasteiger partial charge in [0.2, 0.25) is 0 Å². The summed E-state index contributed by atoms with van der Waals surface area (Å²) in [6.45, 7) is 2.40. The first kappa shape index (κ1) is 22.1. The summed E-state index contributed by atoms with van der Waals surface area (Å²) in [6, 6.07) is 9.98. The number of ether oxygens (including phenoxy) is 2. The zero-order valence-electron chi connectivity index (χ0n) is 16.3. The van der Waals surface area contributed by atoms with Gasteiger partial charge >= 0.3 is 5.97 Å². The van der Waals surface area contributed by atoms with Crippen molar-refractivity contribution in [3.8, 4) is 5.75 Å². The molecule has 0 spiro atoms. The molecule has 0 unspecified atom stereocenters. The molecule has 0 aliphatic carbocycles. The normalized spacial score (nSPS) is 11.8. The highest BCUT2D eigenvalue weighted by atomic mass is 16.5. The second-order valence-corrected chi connectivity index (χ2v) is 6.65. The molecule has 1 aromatic rings. The van der Waals surface area contributed by atoms with Crippen LogP contribution in [0.2, 0.25) is 0 Å². The molecule has 0 radical (unpaired) electrons. The van der Waals surface area contributed by atoms with Crippen molar-refractivity contribution in [2.45, 2.75) is 71.1 Å². The van der Waals surface area contributed by atoms with Crippen LogP contribution in [0.5, 0.6) is 5.75 Å². The van der Waals surface area contributed by atoms with Crippen LogP contribution >= 0.6 is 0 Å². The maximum Gasteiger partial charge on any atom is 0.334 e. The predicted molar refractivity (Wildman–Crippen MR) is 105 cm³/mol. The van der Waals surface area contributed by atoms with E-state index in [1.54, 1.807) is 14.0 Å². The van der Waals surface area contributed by atoms with Gasteiger partial charge < -0.3 is 14.6 Å². The first-order valence-electron chi connectivity index (χ1n) is 9.80. The van der Waals surface area contributed by atoms with E-state index in [1.165, 1.54) is 38.5 Å². The molecule has 0 atom stereocenters. The van der Waals surface area contributed by atoms with Crippen LogP contribution in [0.3, 0.4) is 0 Å². The van der Waals surface area contributed by atoms with Gasteiger partial charge in [-0.15, -0.1) is 0 Å². The minimum absolute atomic E-state index is 0.323. The lowest BCUT2D eigenvalue weighted by molar-refractivity contribution is -0.132. The Bertz CT molecular complexity index is 522. The number of aliphatic carboxylic acids is 1. The average molecular weight is 363 g/mol. The van der Waals surface area contributed by atoms with E-state index in [2.05, 4.69) is 0 Å². The summed E-state index contributed by atoms with van der Waals surface area (Å²) in [4.78, 5) is 10.9. The molecule has 1 N–H and O–H groups in total. The number of benzene rings is 1. The van der Waals surface area contributed by atoms with Gasteiger partial charge in [-0.3, -0.25) is 0 Å². The van der Waals surface area contributed by atoms with Crippen molar-refractivity contribution in [1.29, 1.82) is 0 Å². The summed E-state index contributed by atoms with van der Waals surface area (Å²) < 4.78 is 10.9. The summed E-state index contributed by atoms with van der Waals surface area (Å²) in [5.74, 6) is 0.670. The van der Waals surface area contributed by atoms with Crippen molar-refractivity contribution in [2.24, 2.45) is 0 Å². The molecular formula is C22H34O4. The van der Waals surface area contributed by atoms with E-state index >= 15 is 0 Å². The first-order valence-corrected chi connectivity index (χ1v) is 9.80.